The lowest BCUT2D eigenvalue weighted by Crippen LogP contribution is -2.33. The van der Waals surface area contributed by atoms with E-state index >= 15 is 0 Å². The van der Waals surface area contributed by atoms with Crippen molar-refractivity contribution in [2.24, 2.45) is 4.99 Å². The monoisotopic (exact) mass is 372 g/mol. The number of hydrogen-bond acceptors (Lipinski definition) is 3. The van der Waals surface area contributed by atoms with E-state index in [-0.39, 0.29) is 12.6 Å². The number of likely N-dealkylation sites (tertiary alicyclic amines) is 1. The first-order valence-electron chi connectivity index (χ1n) is 8.52. The number of aliphatic imine (C=N–C) groups is 1. The first kappa shape index (κ1) is 17.0. The second kappa shape index (κ2) is 6.68. The zero-order valence-electron chi connectivity index (χ0n) is 14.3. The van der Waals surface area contributed by atoms with Gasteiger partial charge in [-0.1, -0.05) is 17.7 Å². The Hall–Kier alpha value is -2.47. The smallest absolute Gasteiger partial charge is 0.321 e. The fraction of sp³-hybridized carbons (Fsp3) is 0.316. The predicted octanol–water partition coefficient (Wildman–Crippen LogP) is 4.30. The summed E-state index contributed by atoms with van der Waals surface area (Å²) >= 11 is 6.36. The molecule has 2 aromatic rings. The Morgan fingerprint density at radius 2 is 2.23 bits per heavy atom. The maximum Gasteiger partial charge on any atom is 0.321 e. The molecule has 1 aromatic heterocycles. The molecule has 0 spiro atoms. The molecule has 3 heterocycles. The van der Waals surface area contributed by atoms with Gasteiger partial charge < -0.3 is 10.2 Å². The van der Waals surface area contributed by atoms with E-state index < -0.39 is 6.17 Å². The lowest BCUT2D eigenvalue weighted by atomic mass is 10.0. The Morgan fingerprint density at radius 1 is 1.38 bits per heavy atom. The number of fused-ring (bicyclic) bond motifs is 1. The molecular weight excluding hydrogens is 355 g/mol. The molecule has 2 aliphatic heterocycles. The normalized spacial score (nSPS) is 18.7. The molecule has 1 fully saturated rings. The molecule has 0 bridgehead atoms. The first-order valence-corrected chi connectivity index (χ1v) is 8.90. The zero-order valence-corrected chi connectivity index (χ0v) is 15.1. The molecule has 7 heteroatoms. The Balaban J connectivity index is 1.55. The molecule has 0 aliphatic carbocycles. The summed E-state index contributed by atoms with van der Waals surface area (Å²) in [6.45, 7) is 2.56. The van der Waals surface area contributed by atoms with E-state index in [0.717, 1.165) is 22.4 Å². The number of carbonyl (C=O) groups is 1. The number of urea groups is 1. The highest BCUT2D eigenvalue weighted by Crippen LogP contribution is 2.31. The molecule has 1 N–H and O–H groups in total. The van der Waals surface area contributed by atoms with Crippen LogP contribution in [0.3, 0.4) is 0 Å². The van der Waals surface area contributed by atoms with E-state index in [0.29, 0.717) is 35.9 Å². The summed E-state index contributed by atoms with van der Waals surface area (Å²) in [6.07, 6.45) is 1.89. The molecule has 5 nitrogen and oxygen atoms in total. The SMILES string of the molecule is Cc1cnc2c(c1)CC(c1cc(NC(=O)N3CC[C@@H](F)C3)ccc1Cl)=N2. The Labute approximate surface area is 155 Å². The van der Waals surface area contributed by atoms with Crippen molar-refractivity contribution in [3.05, 3.63) is 52.2 Å². The van der Waals surface area contributed by atoms with E-state index in [1.54, 1.807) is 24.4 Å². The van der Waals surface area contributed by atoms with Gasteiger partial charge in [-0.05, 0) is 37.1 Å². The van der Waals surface area contributed by atoms with Gasteiger partial charge in [0, 0.05) is 41.0 Å². The topological polar surface area (TPSA) is 57.6 Å². The van der Waals surface area contributed by atoms with Gasteiger partial charge in [-0.15, -0.1) is 0 Å². The number of alkyl halides is 1. The summed E-state index contributed by atoms with van der Waals surface area (Å²) in [5.41, 5.74) is 4.36. The highest BCUT2D eigenvalue weighted by atomic mass is 35.5. The highest BCUT2D eigenvalue weighted by Gasteiger charge is 2.26. The lowest BCUT2D eigenvalue weighted by molar-refractivity contribution is 0.218. The molecular formula is C19H18ClFN4O. The second-order valence-corrected chi connectivity index (χ2v) is 7.09. The van der Waals surface area contributed by atoms with Crippen molar-refractivity contribution in [3.63, 3.8) is 0 Å². The van der Waals surface area contributed by atoms with Crippen molar-refractivity contribution in [3.8, 4) is 0 Å². The van der Waals surface area contributed by atoms with Crippen LogP contribution in [0.25, 0.3) is 0 Å². The number of nitrogens with zero attached hydrogens (tertiary/aromatic N) is 3. The number of rotatable bonds is 2. The van der Waals surface area contributed by atoms with Crippen LogP contribution in [0, 0.1) is 6.92 Å². The van der Waals surface area contributed by atoms with Crippen LogP contribution in [-0.4, -0.2) is 40.9 Å². The van der Waals surface area contributed by atoms with Crippen LogP contribution in [0.2, 0.25) is 5.02 Å². The number of aromatic nitrogens is 1. The van der Waals surface area contributed by atoms with E-state index in [9.17, 15) is 9.18 Å². The number of carbonyl (C=O) groups excluding carboxylic acids is 1. The van der Waals surface area contributed by atoms with Crippen LogP contribution < -0.4 is 5.32 Å². The maximum absolute atomic E-state index is 13.3. The number of aryl methyl sites for hydroxylation is 1. The van der Waals surface area contributed by atoms with Crippen molar-refractivity contribution in [2.75, 3.05) is 18.4 Å². The van der Waals surface area contributed by atoms with Crippen molar-refractivity contribution in [1.82, 2.24) is 9.88 Å². The van der Waals surface area contributed by atoms with Gasteiger partial charge in [-0.3, -0.25) is 0 Å². The number of anilines is 1. The zero-order chi connectivity index (χ0) is 18.3. The van der Waals surface area contributed by atoms with Crippen molar-refractivity contribution in [1.29, 1.82) is 0 Å². The minimum absolute atomic E-state index is 0.138. The van der Waals surface area contributed by atoms with Crippen LogP contribution in [0.4, 0.5) is 20.7 Å². The van der Waals surface area contributed by atoms with Crippen LogP contribution in [0.5, 0.6) is 0 Å². The summed E-state index contributed by atoms with van der Waals surface area (Å²) in [5.74, 6) is 0.710. The van der Waals surface area contributed by atoms with E-state index in [1.807, 2.05) is 6.92 Å². The Kier molecular flexibility index (Phi) is 4.36. The fourth-order valence-electron chi connectivity index (χ4n) is 3.29. The molecule has 1 aromatic carbocycles. The van der Waals surface area contributed by atoms with Crippen LogP contribution in [0.15, 0.2) is 35.5 Å². The minimum Gasteiger partial charge on any atom is -0.322 e. The maximum atomic E-state index is 13.3. The third-order valence-electron chi connectivity index (χ3n) is 4.62. The minimum atomic E-state index is -0.941. The van der Waals surface area contributed by atoms with Gasteiger partial charge in [-0.2, -0.15) is 0 Å². The third-order valence-corrected chi connectivity index (χ3v) is 4.95. The number of nitrogens with one attached hydrogen (secondary N) is 1. The summed E-state index contributed by atoms with van der Waals surface area (Å²) in [7, 11) is 0. The summed E-state index contributed by atoms with van der Waals surface area (Å²) in [4.78, 5) is 22.7. The molecule has 26 heavy (non-hydrogen) atoms. The average molecular weight is 373 g/mol. The molecule has 1 saturated heterocycles. The number of hydrogen-bond donors (Lipinski definition) is 1. The largest absolute Gasteiger partial charge is 0.322 e. The molecule has 4 rings (SSSR count). The van der Waals surface area contributed by atoms with Gasteiger partial charge in [-0.25, -0.2) is 19.2 Å². The van der Waals surface area contributed by atoms with Crippen LogP contribution in [0.1, 0.15) is 23.1 Å². The molecule has 2 amide bonds. The van der Waals surface area contributed by atoms with E-state index in [2.05, 4.69) is 21.4 Å². The first-order chi connectivity index (χ1) is 12.5. The molecule has 134 valence electrons. The van der Waals surface area contributed by atoms with Crippen LogP contribution in [-0.2, 0) is 6.42 Å². The van der Waals surface area contributed by atoms with Gasteiger partial charge in [0.1, 0.15) is 6.17 Å². The standard InChI is InChI=1S/C19H18ClFN4O/c1-11-6-12-7-17(24-18(12)22-9-11)15-8-14(2-3-16(15)20)23-19(26)25-5-4-13(21)10-25/h2-3,6,8-9,13H,4-5,7,10H2,1H3,(H,23,26)/t13-/m1/s1. The van der Waals surface area contributed by atoms with E-state index in [1.165, 1.54) is 4.90 Å². The number of pyridine rings is 1. The Bertz CT molecular complexity index is 914. The fourth-order valence-corrected chi connectivity index (χ4v) is 3.51. The second-order valence-electron chi connectivity index (χ2n) is 6.69. The summed E-state index contributed by atoms with van der Waals surface area (Å²) < 4.78 is 13.3. The van der Waals surface area contributed by atoms with Crippen molar-refractivity contribution in [2.45, 2.75) is 25.9 Å². The quantitative estimate of drug-likeness (QED) is 0.854. The third kappa shape index (κ3) is 3.29. The number of amides is 2. The predicted molar refractivity (Wildman–Crippen MR) is 100 cm³/mol. The van der Waals surface area contributed by atoms with Crippen molar-refractivity contribution >= 4 is 34.8 Å². The van der Waals surface area contributed by atoms with E-state index in [4.69, 9.17) is 11.6 Å². The van der Waals surface area contributed by atoms with Gasteiger partial charge in [0.05, 0.1) is 12.3 Å². The molecule has 1 atom stereocenters. The highest BCUT2D eigenvalue weighted by molar-refractivity contribution is 6.34. The van der Waals surface area contributed by atoms with Gasteiger partial charge in [0.25, 0.3) is 0 Å². The van der Waals surface area contributed by atoms with Crippen molar-refractivity contribution < 1.29 is 9.18 Å². The lowest BCUT2D eigenvalue weighted by Gasteiger charge is -2.17. The molecule has 0 unspecified atom stereocenters. The van der Waals surface area contributed by atoms with Gasteiger partial charge >= 0.3 is 6.03 Å². The average Bonchev–Trinajstić information content (AvgIpc) is 3.22. The van der Waals surface area contributed by atoms with Gasteiger partial charge in [0.2, 0.25) is 0 Å². The summed E-state index contributed by atoms with van der Waals surface area (Å²) in [5, 5.41) is 3.38. The van der Waals surface area contributed by atoms with Crippen LogP contribution >= 0.6 is 11.6 Å². The number of benzene rings is 1. The molecule has 2 aliphatic rings. The molecule has 0 radical (unpaired) electrons. The summed E-state index contributed by atoms with van der Waals surface area (Å²) in [6, 6.07) is 7.04. The molecule has 0 saturated carbocycles. The van der Waals surface area contributed by atoms with Gasteiger partial charge in [0.15, 0.2) is 5.82 Å². The number of halogens is 2. The Morgan fingerprint density at radius 3 is 3.00 bits per heavy atom.